The van der Waals surface area contributed by atoms with Crippen molar-refractivity contribution in [1.82, 2.24) is 0 Å². The zero-order valence-electron chi connectivity index (χ0n) is 10.8. The van der Waals surface area contributed by atoms with Crippen molar-refractivity contribution in [1.29, 1.82) is 0 Å². The van der Waals surface area contributed by atoms with Gasteiger partial charge >= 0.3 is 5.97 Å². The van der Waals surface area contributed by atoms with E-state index in [-0.39, 0.29) is 11.8 Å². The quantitative estimate of drug-likeness (QED) is 0.417. The fraction of sp³-hybridized carbons (Fsp3) is 0.846. The summed E-state index contributed by atoms with van der Waals surface area (Å²) < 4.78 is 5.12. The molecule has 0 bridgehead atoms. The summed E-state index contributed by atoms with van der Waals surface area (Å²) in [7, 11) is 0. The molecule has 98 valence electrons. The van der Waals surface area contributed by atoms with Crippen molar-refractivity contribution in [2.75, 3.05) is 18.1 Å². The predicted molar refractivity (Wildman–Crippen MR) is 70.2 cm³/mol. The van der Waals surface area contributed by atoms with Crippen LogP contribution in [-0.4, -0.2) is 29.9 Å². The zero-order valence-corrected chi connectivity index (χ0v) is 11.6. The van der Waals surface area contributed by atoms with E-state index in [9.17, 15) is 9.59 Å². The maximum atomic E-state index is 12.1. The smallest absolute Gasteiger partial charge is 0.319 e. The van der Waals surface area contributed by atoms with Gasteiger partial charge in [-0.15, -0.1) is 0 Å². The molecule has 0 amide bonds. The van der Waals surface area contributed by atoms with Crippen molar-refractivity contribution in [2.24, 2.45) is 5.41 Å². The lowest BCUT2D eigenvalue weighted by Crippen LogP contribution is -2.43. The molecule has 4 heteroatoms. The number of esters is 1. The molecule has 0 aromatic carbocycles. The number of hydrogen-bond donors (Lipinski definition) is 0. The molecule has 3 nitrogen and oxygen atoms in total. The van der Waals surface area contributed by atoms with Crippen LogP contribution < -0.4 is 0 Å². The third kappa shape index (κ3) is 3.47. The molecule has 1 rings (SSSR count). The molecule has 0 aromatic heterocycles. The highest BCUT2D eigenvalue weighted by Crippen LogP contribution is 2.38. The topological polar surface area (TPSA) is 43.4 Å². The van der Waals surface area contributed by atoms with Crippen molar-refractivity contribution in [2.45, 2.75) is 46.0 Å². The Bertz CT molecular complexity index is 278. The number of thioether (sulfide) groups is 1. The third-order valence-corrected chi connectivity index (χ3v) is 4.24. The van der Waals surface area contributed by atoms with Crippen molar-refractivity contribution >= 4 is 23.5 Å². The second kappa shape index (κ2) is 7.04. The Morgan fingerprint density at radius 1 is 1.41 bits per heavy atom. The molecule has 1 aliphatic rings. The molecule has 0 saturated heterocycles. The predicted octanol–water partition coefficient (Wildman–Crippen LogP) is 2.82. The van der Waals surface area contributed by atoms with Gasteiger partial charge in [-0.2, -0.15) is 11.8 Å². The van der Waals surface area contributed by atoms with Gasteiger partial charge in [0.2, 0.25) is 0 Å². The summed E-state index contributed by atoms with van der Waals surface area (Å²) in [5, 5.41) is 0. The Morgan fingerprint density at radius 3 is 2.76 bits per heavy atom. The van der Waals surface area contributed by atoms with E-state index in [1.54, 1.807) is 18.7 Å². The maximum Gasteiger partial charge on any atom is 0.319 e. The molecule has 1 aliphatic carbocycles. The van der Waals surface area contributed by atoms with Crippen LogP contribution in [0.2, 0.25) is 0 Å². The molecule has 0 N–H and O–H groups in total. The number of Topliss-reactive ketones (excluding diaryl/α,β-unsaturated/α-hetero) is 1. The van der Waals surface area contributed by atoms with Gasteiger partial charge in [-0.3, -0.25) is 9.59 Å². The minimum absolute atomic E-state index is 0.0962. The molecular formula is C13H22O3S. The van der Waals surface area contributed by atoms with Gasteiger partial charge in [-0.05, 0) is 37.7 Å². The van der Waals surface area contributed by atoms with Gasteiger partial charge in [0.25, 0.3) is 0 Å². The normalized spacial score (nSPS) is 24.7. The molecule has 1 fully saturated rings. The van der Waals surface area contributed by atoms with Crippen molar-refractivity contribution in [3.63, 3.8) is 0 Å². The maximum absolute atomic E-state index is 12.1. The molecule has 0 aliphatic heterocycles. The Labute approximate surface area is 108 Å². The second-order valence-electron chi connectivity index (χ2n) is 4.38. The van der Waals surface area contributed by atoms with Gasteiger partial charge in [-0.1, -0.05) is 13.3 Å². The van der Waals surface area contributed by atoms with Crippen LogP contribution in [0.5, 0.6) is 0 Å². The highest BCUT2D eigenvalue weighted by molar-refractivity contribution is 7.99. The number of ketones is 1. The second-order valence-corrected chi connectivity index (χ2v) is 5.77. The van der Waals surface area contributed by atoms with Crippen LogP contribution in [0, 0.1) is 5.41 Å². The summed E-state index contributed by atoms with van der Waals surface area (Å²) in [6.45, 7) is 4.23. The first-order chi connectivity index (χ1) is 8.17. The molecule has 17 heavy (non-hydrogen) atoms. The SMILES string of the molecule is CCOC(=O)C1(CCSCC)CCCCC1=O. The Kier molecular flexibility index (Phi) is 6.03. The summed E-state index contributed by atoms with van der Waals surface area (Å²) in [4.78, 5) is 24.2. The summed E-state index contributed by atoms with van der Waals surface area (Å²) in [6, 6.07) is 0. The highest BCUT2D eigenvalue weighted by atomic mass is 32.2. The van der Waals surface area contributed by atoms with Crippen molar-refractivity contribution in [3.05, 3.63) is 0 Å². The minimum atomic E-state index is -0.823. The van der Waals surface area contributed by atoms with E-state index in [2.05, 4.69) is 6.92 Å². The monoisotopic (exact) mass is 258 g/mol. The zero-order chi connectivity index (χ0) is 12.7. The fourth-order valence-electron chi connectivity index (χ4n) is 2.33. The molecule has 1 atom stereocenters. The fourth-order valence-corrected chi connectivity index (χ4v) is 3.11. The Hall–Kier alpha value is -0.510. The van der Waals surface area contributed by atoms with Crippen LogP contribution in [0.4, 0.5) is 0 Å². The molecule has 1 unspecified atom stereocenters. The first-order valence-corrected chi connectivity index (χ1v) is 7.61. The highest BCUT2D eigenvalue weighted by Gasteiger charge is 2.47. The molecule has 0 aromatic rings. The first kappa shape index (κ1) is 14.6. The Balaban J connectivity index is 2.74. The number of carbonyl (C=O) groups is 2. The van der Waals surface area contributed by atoms with Gasteiger partial charge in [0.1, 0.15) is 11.2 Å². The van der Waals surface area contributed by atoms with Gasteiger partial charge in [0.05, 0.1) is 6.61 Å². The molecule has 0 heterocycles. The summed E-state index contributed by atoms with van der Waals surface area (Å²) >= 11 is 1.78. The van der Waals surface area contributed by atoms with Crippen molar-refractivity contribution in [3.8, 4) is 0 Å². The third-order valence-electron chi connectivity index (χ3n) is 3.33. The van der Waals surface area contributed by atoms with E-state index in [1.165, 1.54) is 0 Å². The molecule has 0 radical (unpaired) electrons. The van der Waals surface area contributed by atoms with Crippen LogP contribution in [0.15, 0.2) is 0 Å². The van der Waals surface area contributed by atoms with E-state index in [0.717, 1.165) is 24.3 Å². The van der Waals surface area contributed by atoms with Gasteiger partial charge in [0.15, 0.2) is 0 Å². The number of hydrogen-bond acceptors (Lipinski definition) is 4. The van der Waals surface area contributed by atoms with E-state index in [4.69, 9.17) is 4.74 Å². The van der Waals surface area contributed by atoms with Crippen LogP contribution in [0.1, 0.15) is 46.0 Å². The average Bonchev–Trinajstić information content (AvgIpc) is 2.32. The van der Waals surface area contributed by atoms with E-state index >= 15 is 0 Å². The minimum Gasteiger partial charge on any atom is -0.465 e. The van der Waals surface area contributed by atoms with Crippen molar-refractivity contribution < 1.29 is 14.3 Å². The lowest BCUT2D eigenvalue weighted by molar-refractivity contribution is -0.162. The first-order valence-electron chi connectivity index (χ1n) is 6.45. The number of ether oxygens (including phenoxy) is 1. The van der Waals surface area contributed by atoms with Gasteiger partial charge < -0.3 is 4.74 Å². The van der Waals surface area contributed by atoms with Gasteiger partial charge in [-0.25, -0.2) is 0 Å². The standard InChI is InChI=1S/C13H22O3S/c1-3-16-12(15)13(9-10-17-4-2)8-6-5-7-11(13)14/h3-10H2,1-2H3. The van der Waals surface area contributed by atoms with Crippen LogP contribution in [0.3, 0.4) is 0 Å². The van der Waals surface area contributed by atoms with E-state index in [1.807, 2.05) is 0 Å². The van der Waals surface area contributed by atoms with Crippen LogP contribution >= 0.6 is 11.8 Å². The molecular weight excluding hydrogens is 236 g/mol. The molecule has 1 saturated carbocycles. The van der Waals surface area contributed by atoms with Crippen LogP contribution in [-0.2, 0) is 14.3 Å². The lowest BCUT2D eigenvalue weighted by atomic mass is 9.71. The van der Waals surface area contributed by atoms with Gasteiger partial charge in [0, 0.05) is 6.42 Å². The molecule has 0 spiro atoms. The summed E-state index contributed by atoms with van der Waals surface area (Å²) in [5.41, 5.74) is -0.823. The lowest BCUT2D eigenvalue weighted by Gasteiger charge is -2.33. The largest absolute Gasteiger partial charge is 0.465 e. The number of rotatable bonds is 6. The summed E-state index contributed by atoms with van der Waals surface area (Å²) in [5.74, 6) is 1.69. The van der Waals surface area contributed by atoms with E-state index < -0.39 is 5.41 Å². The van der Waals surface area contributed by atoms with E-state index in [0.29, 0.717) is 25.9 Å². The number of carbonyl (C=O) groups excluding carboxylic acids is 2. The van der Waals surface area contributed by atoms with Crippen LogP contribution in [0.25, 0.3) is 0 Å². The summed E-state index contributed by atoms with van der Waals surface area (Å²) in [6.07, 6.45) is 3.73. The Morgan fingerprint density at radius 2 is 2.18 bits per heavy atom. The average molecular weight is 258 g/mol.